The van der Waals surface area contributed by atoms with Crippen molar-refractivity contribution in [2.75, 3.05) is 0 Å². The summed E-state index contributed by atoms with van der Waals surface area (Å²) in [7, 11) is 0. The maximum absolute atomic E-state index is 11.4. The van der Waals surface area contributed by atoms with Crippen molar-refractivity contribution in [1.82, 2.24) is 0 Å². The fourth-order valence-corrected chi connectivity index (χ4v) is 1.90. The van der Waals surface area contributed by atoms with Crippen molar-refractivity contribution in [2.45, 2.75) is 25.7 Å². The minimum atomic E-state index is -1.18. The molecule has 1 aliphatic heterocycles. The molecule has 0 saturated carbocycles. The zero-order valence-corrected chi connectivity index (χ0v) is 9.11. The number of carboxylic acid groups (broad SMARTS) is 1. The summed E-state index contributed by atoms with van der Waals surface area (Å²) in [6, 6.07) is 5.22. The number of aryl methyl sites for hydroxylation is 1. The van der Waals surface area contributed by atoms with Crippen LogP contribution in [0.4, 0.5) is 0 Å². The van der Waals surface area contributed by atoms with Crippen molar-refractivity contribution in [3.8, 4) is 5.75 Å². The van der Waals surface area contributed by atoms with Gasteiger partial charge >= 0.3 is 11.9 Å². The van der Waals surface area contributed by atoms with Crippen molar-refractivity contribution in [1.29, 1.82) is 0 Å². The second kappa shape index (κ2) is 3.33. The van der Waals surface area contributed by atoms with Crippen molar-refractivity contribution in [3.63, 3.8) is 0 Å². The van der Waals surface area contributed by atoms with E-state index < -0.39 is 17.4 Å². The van der Waals surface area contributed by atoms with Gasteiger partial charge in [-0.2, -0.15) is 0 Å². The quantitative estimate of drug-likeness (QED) is 0.577. The van der Waals surface area contributed by atoms with Gasteiger partial charge in [0.05, 0.1) is 6.42 Å². The maximum atomic E-state index is 11.4. The van der Waals surface area contributed by atoms with Gasteiger partial charge in [-0.1, -0.05) is 12.1 Å². The van der Waals surface area contributed by atoms with Crippen LogP contribution in [0.3, 0.4) is 0 Å². The predicted molar refractivity (Wildman–Crippen MR) is 56.4 cm³/mol. The summed E-state index contributed by atoms with van der Waals surface area (Å²) < 4.78 is 5.06. The molecule has 1 unspecified atom stereocenters. The number of aliphatic carboxylic acids is 1. The number of hydrogen-bond acceptors (Lipinski definition) is 3. The lowest BCUT2D eigenvalue weighted by Gasteiger charge is -2.30. The van der Waals surface area contributed by atoms with E-state index in [9.17, 15) is 14.7 Å². The van der Waals surface area contributed by atoms with Crippen molar-refractivity contribution < 1.29 is 19.4 Å². The highest BCUT2D eigenvalue weighted by molar-refractivity contribution is 5.91. The number of ether oxygens (including phenoxy) is 1. The van der Waals surface area contributed by atoms with Crippen molar-refractivity contribution >= 4 is 11.9 Å². The van der Waals surface area contributed by atoms with E-state index in [1.165, 1.54) is 0 Å². The van der Waals surface area contributed by atoms with Crippen LogP contribution in [-0.2, 0) is 15.0 Å². The Morgan fingerprint density at radius 1 is 1.50 bits per heavy atom. The molecule has 0 fully saturated rings. The van der Waals surface area contributed by atoms with E-state index >= 15 is 0 Å². The number of hydrogen-bond donors (Lipinski definition) is 1. The first-order chi connectivity index (χ1) is 7.43. The average Bonchev–Trinajstić information content (AvgIpc) is 2.15. The molecule has 0 amide bonds. The Morgan fingerprint density at radius 2 is 2.19 bits per heavy atom. The van der Waals surface area contributed by atoms with E-state index in [1.54, 1.807) is 19.1 Å². The number of carbonyl (C=O) groups is 2. The zero-order chi connectivity index (χ0) is 11.9. The monoisotopic (exact) mass is 220 g/mol. The van der Waals surface area contributed by atoms with Gasteiger partial charge in [-0.05, 0) is 25.5 Å². The first-order valence-corrected chi connectivity index (χ1v) is 4.99. The van der Waals surface area contributed by atoms with Gasteiger partial charge in [0, 0.05) is 5.56 Å². The highest BCUT2D eigenvalue weighted by atomic mass is 16.5. The minimum Gasteiger partial charge on any atom is -0.481 e. The summed E-state index contributed by atoms with van der Waals surface area (Å²) in [5, 5.41) is 9.22. The maximum Gasteiger partial charge on any atom is 0.314 e. The highest BCUT2D eigenvalue weighted by Gasteiger charge is 2.43. The summed E-state index contributed by atoms with van der Waals surface area (Å²) in [5.41, 5.74) is 0.310. The lowest BCUT2D eigenvalue weighted by atomic mass is 9.77. The molecular weight excluding hydrogens is 208 g/mol. The summed E-state index contributed by atoms with van der Waals surface area (Å²) in [5.74, 6) is -1.14. The molecular formula is C12H12O4. The molecule has 2 rings (SSSR count). The molecule has 1 N–H and O–H groups in total. The summed E-state index contributed by atoms with van der Waals surface area (Å²) in [4.78, 5) is 22.6. The summed E-state index contributed by atoms with van der Waals surface area (Å²) in [6.45, 7) is 3.41. The van der Waals surface area contributed by atoms with Gasteiger partial charge in [-0.25, -0.2) is 0 Å². The molecule has 0 saturated heterocycles. The molecule has 4 heteroatoms. The SMILES string of the molecule is Cc1ccc2c(c1)OC(=O)CC2(C)C(=O)O. The Hall–Kier alpha value is -1.84. The van der Waals surface area contributed by atoms with Gasteiger partial charge in [0.2, 0.25) is 0 Å². The molecule has 1 aromatic carbocycles. The molecule has 16 heavy (non-hydrogen) atoms. The third-order valence-electron chi connectivity index (χ3n) is 2.93. The van der Waals surface area contributed by atoms with Crippen LogP contribution in [0.5, 0.6) is 5.75 Å². The van der Waals surface area contributed by atoms with E-state index in [0.29, 0.717) is 11.3 Å². The number of fused-ring (bicyclic) bond motifs is 1. The smallest absolute Gasteiger partial charge is 0.314 e. The number of rotatable bonds is 1. The lowest BCUT2D eigenvalue weighted by molar-refractivity contribution is -0.150. The molecule has 84 valence electrons. The van der Waals surface area contributed by atoms with Crippen LogP contribution in [0.15, 0.2) is 18.2 Å². The Bertz CT molecular complexity index is 478. The van der Waals surface area contributed by atoms with Crippen LogP contribution in [0, 0.1) is 6.92 Å². The van der Waals surface area contributed by atoms with Gasteiger partial charge in [-0.3, -0.25) is 9.59 Å². The van der Waals surface area contributed by atoms with Crippen LogP contribution in [0.1, 0.15) is 24.5 Å². The first-order valence-electron chi connectivity index (χ1n) is 4.99. The third kappa shape index (κ3) is 1.46. The molecule has 1 atom stereocenters. The van der Waals surface area contributed by atoms with E-state index in [2.05, 4.69) is 0 Å². The largest absolute Gasteiger partial charge is 0.481 e. The fourth-order valence-electron chi connectivity index (χ4n) is 1.90. The van der Waals surface area contributed by atoms with Crippen LogP contribution in [0.2, 0.25) is 0 Å². The molecule has 0 radical (unpaired) electrons. The van der Waals surface area contributed by atoms with Crippen LogP contribution < -0.4 is 4.74 Å². The van der Waals surface area contributed by atoms with Crippen molar-refractivity contribution in [2.24, 2.45) is 0 Å². The summed E-state index contributed by atoms with van der Waals surface area (Å²) in [6.07, 6.45) is -0.127. The standard InChI is InChI=1S/C12H12O4/c1-7-3-4-8-9(5-7)16-10(13)6-12(8,2)11(14)15/h3-5H,6H2,1-2H3,(H,14,15). The van der Waals surface area contributed by atoms with Gasteiger partial charge in [0.1, 0.15) is 11.2 Å². The zero-order valence-electron chi connectivity index (χ0n) is 9.11. The fraction of sp³-hybridized carbons (Fsp3) is 0.333. The molecule has 1 heterocycles. The van der Waals surface area contributed by atoms with E-state index in [1.807, 2.05) is 13.0 Å². The molecule has 1 aliphatic rings. The number of esters is 1. The van der Waals surface area contributed by atoms with Crippen molar-refractivity contribution in [3.05, 3.63) is 29.3 Å². The Balaban J connectivity index is 2.63. The van der Waals surface area contributed by atoms with E-state index in [-0.39, 0.29) is 6.42 Å². The van der Waals surface area contributed by atoms with Gasteiger partial charge in [0.25, 0.3) is 0 Å². The second-order valence-electron chi connectivity index (χ2n) is 4.29. The van der Waals surface area contributed by atoms with Crippen LogP contribution >= 0.6 is 0 Å². The molecule has 0 bridgehead atoms. The Labute approximate surface area is 92.8 Å². The van der Waals surface area contributed by atoms with Crippen LogP contribution in [0.25, 0.3) is 0 Å². The molecule has 0 aliphatic carbocycles. The van der Waals surface area contributed by atoms with E-state index in [0.717, 1.165) is 5.56 Å². The number of carboxylic acids is 1. The first kappa shape index (κ1) is 10.7. The molecule has 1 aromatic rings. The minimum absolute atomic E-state index is 0.127. The second-order valence-corrected chi connectivity index (χ2v) is 4.29. The molecule has 0 spiro atoms. The van der Waals surface area contributed by atoms with Gasteiger partial charge in [-0.15, -0.1) is 0 Å². The van der Waals surface area contributed by atoms with Gasteiger partial charge < -0.3 is 9.84 Å². The van der Waals surface area contributed by atoms with Gasteiger partial charge in [0.15, 0.2) is 0 Å². The van der Waals surface area contributed by atoms with Crippen LogP contribution in [-0.4, -0.2) is 17.0 Å². The topological polar surface area (TPSA) is 63.6 Å². The normalized spacial score (nSPS) is 23.5. The molecule has 4 nitrogen and oxygen atoms in total. The summed E-state index contributed by atoms with van der Waals surface area (Å²) >= 11 is 0. The number of carbonyl (C=O) groups excluding carboxylic acids is 1. The highest BCUT2D eigenvalue weighted by Crippen LogP contribution is 2.39. The Morgan fingerprint density at radius 3 is 2.81 bits per heavy atom. The predicted octanol–water partition coefficient (Wildman–Crippen LogP) is 1.65. The third-order valence-corrected chi connectivity index (χ3v) is 2.93. The average molecular weight is 220 g/mol. The number of benzene rings is 1. The van der Waals surface area contributed by atoms with E-state index in [4.69, 9.17) is 4.74 Å². The Kier molecular flexibility index (Phi) is 2.22. The molecule has 0 aromatic heterocycles. The lowest BCUT2D eigenvalue weighted by Crippen LogP contribution is -2.40.